The quantitative estimate of drug-likeness (QED) is 0.631. The fourth-order valence-corrected chi connectivity index (χ4v) is 1.26. The molecule has 20 heavy (non-hydrogen) atoms. The Kier molecular flexibility index (Phi) is 4.83. The molecule has 0 amide bonds. The van der Waals surface area contributed by atoms with Crippen molar-refractivity contribution >= 4 is 0 Å². The summed E-state index contributed by atoms with van der Waals surface area (Å²) in [7, 11) is 0. The van der Waals surface area contributed by atoms with E-state index in [-0.39, 0.29) is 5.56 Å². The first-order valence-corrected chi connectivity index (χ1v) is 5.08. The summed E-state index contributed by atoms with van der Waals surface area (Å²) in [4.78, 5) is 0. The third-order valence-corrected chi connectivity index (χ3v) is 2.02. The van der Waals surface area contributed by atoms with Crippen molar-refractivity contribution < 1.29 is 35.8 Å². The van der Waals surface area contributed by atoms with Gasteiger partial charge in [0, 0.05) is 0 Å². The van der Waals surface area contributed by atoms with E-state index in [1.807, 2.05) is 0 Å². The normalized spacial score (nSPS) is 12.1. The molecule has 0 heterocycles. The molecule has 0 aliphatic carbocycles. The molecule has 0 aromatic heterocycles. The number of ether oxygens (including phenoxy) is 2. The number of rotatable bonds is 4. The van der Waals surface area contributed by atoms with Crippen LogP contribution in [0.5, 0.6) is 5.75 Å². The summed E-state index contributed by atoms with van der Waals surface area (Å²) in [6.45, 7) is -1.66. The van der Waals surface area contributed by atoms with Gasteiger partial charge in [-0.3, -0.25) is 4.74 Å². The van der Waals surface area contributed by atoms with Gasteiger partial charge >= 0.3 is 12.5 Å². The van der Waals surface area contributed by atoms with E-state index in [0.29, 0.717) is 6.07 Å². The van der Waals surface area contributed by atoms with Crippen LogP contribution >= 0.6 is 0 Å². The molecule has 1 aromatic carbocycles. The van der Waals surface area contributed by atoms with Crippen molar-refractivity contribution in [3.8, 4) is 11.8 Å². The van der Waals surface area contributed by atoms with Crippen molar-refractivity contribution in [3.63, 3.8) is 0 Å². The Morgan fingerprint density at radius 3 is 2.20 bits per heavy atom. The number of nitrogens with zero attached hydrogens (tertiary/aromatic N) is 1. The highest BCUT2D eigenvalue weighted by molar-refractivity contribution is 5.43. The molecule has 0 N–H and O–H groups in total. The second-order valence-electron chi connectivity index (χ2n) is 3.46. The largest absolute Gasteiger partial charge is 0.522 e. The van der Waals surface area contributed by atoms with Gasteiger partial charge in [-0.2, -0.15) is 18.4 Å². The van der Waals surface area contributed by atoms with Crippen LogP contribution in [-0.2, 0) is 10.9 Å². The number of hydrogen-bond donors (Lipinski definition) is 0. The summed E-state index contributed by atoms with van der Waals surface area (Å²) < 4.78 is 80.9. The average Bonchev–Trinajstić information content (AvgIpc) is 2.32. The third kappa shape index (κ3) is 4.97. The lowest BCUT2D eigenvalue weighted by Gasteiger charge is -2.14. The average molecular weight is 299 g/mol. The molecule has 9 heteroatoms. The van der Waals surface area contributed by atoms with Crippen LogP contribution in [0.4, 0.5) is 26.3 Å². The predicted molar refractivity (Wildman–Crippen MR) is 53.7 cm³/mol. The smallest absolute Gasteiger partial charge is 0.491 e. The first-order valence-electron chi connectivity index (χ1n) is 5.08. The SMILES string of the molecule is N#Cc1ccc(OCCOC(F)(F)F)c(C(F)(F)F)c1. The second kappa shape index (κ2) is 6.00. The number of halogens is 6. The highest BCUT2D eigenvalue weighted by Gasteiger charge is 2.35. The van der Waals surface area contributed by atoms with E-state index in [2.05, 4.69) is 9.47 Å². The molecule has 0 atom stereocenters. The van der Waals surface area contributed by atoms with Gasteiger partial charge in [0.2, 0.25) is 0 Å². The Morgan fingerprint density at radius 2 is 1.70 bits per heavy atom. The second-order valence-corrected chi connectivity index (χ2v) is 3.46. The van der Waals surface area contributed by atoms with Crippen molar-refractivity contribution in [3.05, 3.63) is 29.3 Å². The topological polar surface area (TPSA) is 42.2 Å². The van der Waals surface area contributed by atoms with Crippen molar-refractivity contribution in [1.29, 1.82) is 5.26 Å². The Bertz CT molecular complexity index is 503. The van der Waals surface area contributed by atoms with Gasteiger partial charge in [0.25, 0.3) is 0 Å². The van der Waals surface area contributed by atoms with Crippen LogP contribution in [0.15, 0.2) is 18.2 Å². The van der Waals surface area contributed by atoms with Crippen molar-refractivity contribution in [2.24, 2.45) is 0 Å². The lowest BCUT2D eigenvalue weighted by atomic mass is 10.1. The molecular weight excluding hydrogens is 292 g/mol. The highest BCUT2D eigenvalue weighted by atomic mass is 19.4. The van der Waals surface area contributed by atoms with Gasteiger partial charge in [-0.05, 0) is 18.2 Å². The van der Waals surface area contributed by atoms with E-state index < -0.39 is 37.1 Å². The van der Waals surface area contributed by atoms with Crippen LogP contribution < -0.4 is 4.74 Å². The summed E-state index contributed by atoms with van der Waals surface area (Å²) in [5.74, 6) is -0.665. The minimum Gasteiger partial charge on any atom is -0.491 e. The van der Waals surface area contributed by atoms with Crippen LogP contribution in [0.25, 0.3) is 0 Å². The Labute approximate surface area is 109 Å². The molecule has 0 fully saturated rings. The third-order valence-electron chi connectivity index (χ3n) is 2.02. The maximum absolute atomic E-state index is 12.7. The van der Waals surface area contributed by atoms with E-state index in [4.69, 9.17) is 5.26 Å². The standard InChI is InChI=1S/C11H7F6NO2/c12-10(13,14)8-5-7(6-18)1-2-9(8)19-3-4-20-11(15,16)17/h1-2,5H,3-4H2. The lowest BCUT2D eigenvalue weighted by Crippen LogP contribution is -2.19. The van der Waals surface area contributed by atoms with E-state index >= 15 is 0 Å². The van der Waals surface area contributed by atoms with Crippen LogP contribution in [0.3, 0.4) is 0 Å². The zero-order valence-corrected chi connectivity index (χ0v) is 9.68. The van der Waals surface area contributed by atoms with Gasteiger partial charge in [-0.25, -0.2) is 0 Å². The van der Waals surface area contributed by atoms with Gasteiger partial charge in [-0.1, -0.05) is 0 Å². The molecule has 0 saturated carbocycles. The monoisotopic (exact) mass is 299 g/mol. The van der Waals surface area contributed by atoms with E-state index in [1.54, 1.807) is 0 Å². The highest BCUT2D eigenvalue weighted by Crippen LogP contribution is 2.36. The molecular formula is C11H7F6NO2. The van der Waals surface area contributed by atoms with Crippen LogP contribution in [0, 0.1) is 11.3 Å². The molecule has 0 bridgehead atoms. The minimum absolute atomic E-state index is 0.240. The zero-order chi connectivity index (χ0) is 15.4. The van der Waals surface area contributed by atoms with Crippen molar-refractivity contribution in [2.45, 2.75) is 12.5 Å². The molecule has 0 aliphatic heterocycles. The molecule has 0 saturated heterocycles. The zero-order valence-electron chi connectivity index (χ0n) is 9.68. The van der Waals surface area contributed by atoms with Gasteiger partial charge in [0.15, 0.2) is 0 Å². The fourth-order valence-electron chi connectivity index (χ4n) is 1.26. The Balaban J connectivity index is 2.78. The van der Waals surface area contributed by atoms with E-state index in [0.717, 1.165) is 12.1 Å². The minimum atomic E-state index is -4.87. The predicted octanol–water partition coefficient (Wildman–Crippen LogP) is 3.49. The lowest BCUT2D eigenvalue weighted by molar-refractivity contribution is -0.325. The number of nitriles is 1. The summed E-state index contributed by atoms with van der Waals surface area (Å²) in [5, 5.41) is 8.52. The summed E-state index contributed by atoms with van der Waals surface area (Å²) >= 11 is 0. The Hall–Kier alpha value is -1.95. The van der Waals surface area contributed by atoms with Crippen molar-refractivity contribution in [1.82, 2.24) is 0 Å². The van der Waals surface area contributed by atoms with Crippen LogP contribution in [0.2, 0.25) is 0 Å². The summed E-state index contributed by atoms with van der Waals surface area (Å²) in [6, 6.07) is 4.02. The molecule has 110 valence electrons. The summed E-state index contributed by atoms with van der Waals surface area (Å²) in [5.41, 5.74) is -1.47. The van der Waals surface area contributed by atoms with Gasteiger partial charge < -0.3 is 4.74 Å². The fraction of sp³-hybridized carbons (Fsp3) is 0.364. The van der Waals surface area contributed by atoms with Gasteiger partial charge in [-0.15, -0.1) is 13.2 Å². The number of hydrogen-bond acceptors (Lipinski definition) is 3. The molecule has 0 radical (unpaired) electrons. The van der Waals surface area contributed by atoms with E-state index in [1.165, 1.54) is 6.07 Å². The maximum Gasteiger partial charge on any atom is 0.522 e. The van der Waals surface area contributed by atoms with Gasteiger partial charge in [0.05, 0.1) is 23.8 Å². The van der Waals surface area contributed by atoms with Crippen molar-refractivity contribution in [2.75, 3.05) is 13.2 Å². The summed E-state index contributed by atoms with van der Waals surface area (Å²) in [6.07, 6.45) is -9.66. The molecule has 1 aromatic rings. The van der Waals surface area contributed by atoms with Crippen LogP contribution in [0.1, 0.15) is 11.1 Å². The number of benzene rings is 1. The van der Waals surface area contributed by atoms with Crippen LogP contribution in [-0.4, -0.2) is 19.6 Å². The molecule has 1 rings (SSSR count). The molecule has 0 unspecified atom stereocenters. The molecule has 0 spiro atoms. The number of alkyl halides is 6. The molecule has 0 aliphatic rings. The molecule has 3 nitrogen and oxygen atoms in total. The Morgan fingerprint density at radius 1 is 1.05 bits per heavy atom. The van der Waals surface area contributed by atoms with Gasteiger partial charge in [0.1, 0.15) is 12.4 Å². The maximum atomic E-state index is 12.7. The first kappa shape index (κ1) is 16.1. The first-order chi connectivity index (χ1) is 9.13. The van der Waals surface area contributed by atoms with E-state index in [9.17, 15) is 26.3 Å².